The third-order valence-electron chi connectivity index (χ3n) is 2.13. The van der Waals surface area contributed by atoms with Crippen LogP contribution in [0.4, 0.5) is 4.79 Å². The molecular formula is C11H24O4Si2. The van der Waals surface area contributed by atoms with Crippen molar-refractivity contribution in [3.8, 4) is 0 Å². The summed E-state index contributed by atoms with van der Waals surface area (Å²) < 4.78 is 15.3. The van der Waals surface area contributed by atoms with Crippen molar-refractivity contribution < 1.29 is 18.4 Å². The van der Waals surface area contributed by atoms with E-state index in [1.807, 2.05) is 0 Å². The van der Waals surface area contributed by atoms with Gasteiger partial charge in [0.2, 0.25) is 0 Å². The van der Waals surface area contributed by atoms with E-state index in [0.717, 1.165) is 25.1 Å². The molecule has 0 aromatic heterocycles. The molecule has 100 valence electrons. The molecule has 0 aromatic carbocycles. The van der Waals surface area contributed by atoms with Crippen molar-refractivity contribution in [3.05, 3.63) is 12.8 Å². The van der Waals surface area contributed by atoms with Gasteiger partial charge in [-0.15, -0.1) is 0 Å². The van der Waals surface area contributed by atoms with Gasteiger partial charge in [0.05, 0.1) is 12.9 Å². The van der Waals surface area contributed by atoms with E-state index < -0.39 is 23.5 Å². The summed E-state index contributed by atoms with van der Waals surface area (Å²) in [5.41, 5.74) is 0. The molecule has 4 nitrogen and oxygen atoms in total. The minimum absolute atomic E-state index is 0.399. The van der Waals surface area contributed by atoms with Crippen LogP contribution >= 0.6 is 0 Å². The molecule has 17 heavy (non-hydrogen) atoms. The lowest BCUT2D eigenvalue weighted by atomic mass is 10.4. The quantitative estimate of drug-likeness (QED) is 0.295. The summed E-state index contributed by atoms with van der Waals surface area (Å²) in [5.74, 6) is 0. The summed E-state index contributed by atoms with van der Waals surface area (Å²) in [6.07, 6.45) is 2.27. The summed E-state index contributed by atoms with van der Waals surface area (Å²) in [6.45, 7) is 12.6. The van der Waals surface area contributed by atoms with Crippen LogP contribution in [0.2, 0.25) is 32.2 Å². The zero-order valence-corrected chi connectivity index (χ0v) is 13.5. The first-order chi connectivity index (χ1) is 7.87. The molecule has 0 heterocycles. The van der Waals surface area contributed by atoms with Crippen LogP contribution in [-0.4, -0.2) is 30.1 Å². The van der Waals surface area contributed by atoms with Crippen molar-refractivity contribution in [2.45, 2.75) is 45.1 Å². The Morgan fingerprint density at radius 1 is 1.35 bits per heavy atom. The number of hydrogen-bond acceptors (Lipinski definition) is 4. The summed E-state index contributed by atoms with van der Waals surface area (Å²) in [6, 6.07) is 1.11. The molecule has 6 heteroatoms. The number of unbranched alkanes of at least 4 members (excludes halogenated alkanes) is 1. The van der Waals surface area contributed by atoms with Gasteiger partial charge in [-0.25, -0.2) is 4.79 Å². The van der Waals surface area contributed by atoms with Crippen molar-refractivity contribution in [2.75, 3.05) is 6.61 Å². The third-order valence-corrected chi connectivity index (χ3v) is 8.12. The van der Waals surface area contributed by atoms with Gasteiger partial charge in [0, 0.05) is 0 Å². The maximum Gasteiger partial charge on any atom is 0.513 e. The lowest BCUT2D eigenvalue weighted by molar-refractivity contribution is 0.0838. The van der Waals surface area contributed by atoms with Crippen molar-refractivity contribution >= 4 is 23.5 Å². The van der Waals surface area contributed by atoms with Crippen LogP contribution in [0.5, 0.6) is 0 Å². The number of ether oxygens (including phenoxy) is 2. The molecule has 0 aromatic rings. The number of rotatable bonds is 8. The van der Waals surface area contributed by atoms with E-state index in [4.69, 9.17) is 8.85 Å². The fourth-order valence-electron chi connectivity index (χ4n) is 1.61. The summed E-state index contributed by atoms with van der Waals surface area (Å²) >= 11 is 0. The lowest BCUT2D eigenvalue weighted by Crippen LogP contribution is -2.35. The molecule has 0 aliphatic carbocycles. The zero-order valence-electron chi connectivity index (χ0n) is 11.3. The topological polar surface area (TPSA) is 44.8 Å². The Bertz CT molecular complexity index is 242. The molecule has 0 unspecified atom stereocenters. The van der Waals surface area contributed by atoms with Crippen LogP contribution in [-0.2, 0) is 13.6 Å². The molecule has 0 aliphatic rings. The first-order valence-electron chi connectivity index (χ1n) is 5.99. The van der Waals surface area contributed by atoms with Crippen LogP contribution in [0.15, 0.2) is 12.8 Å². The monoisotopic (exact) mass is 276 g/mol. The normalized spacial score (nSPS) is 11.4. The van der Waals surface area contributed by atoms with Gasteiger partial charge < -0.3 is 13.6 Å². The first-order valence-corrected chi connectivity index (χ1v) is 11.9. The van der Waals surface area contributed by atoms with E-state index in [-0.39, 0.29) is 0 Å². The van der Waals surface area contributed by atoms with Crippen LogP contribution < -0.4 is 0 Å². The Kier molecular flexibility index (Phi) is 8.19. The van der Waals surface area contributed by atoms with Crippen molar-refractivity contribution in [2.24, 2.45) is 0 Å². The highest BCUT2D eigenvalue weighted by Crippen LogP contribution is 2.16. The molecule has 0 atom stereocenters. The number of hydrogen-bond donors (Lipinski definition) is 0. The van der Waals surface area contributed by atoms with Crippen molar-refractivity contribution in [3.63, 3.8) is 0 Å². The SMILES string of the molecule is C=COC(=O)OCCCC[Si](C)(C)O[SiH](C)C. The first kappa shape index (κ1) is 16.4. The highest BCUT2D eigenvalue weighted by atomic mass is 28.4. The maximum absolute atomic E-state index is 10.8. The average molecular weight is 276 g/mol. The van der Waals surface area contributed by atoms with E-state index in [9.17, 15) is 4.79 Å². The van der Waals surface area contributed by atoms with E-state index in [2.05, 4.69) is 37.5 Å². The molecule has 0 saturated carbocycles. The van der Waals surface area contributed by atoms with Gasteiger partial charge in [0.25, 0.3) is 0 Å². The minimum Gasteiger partial charge on any atom is -0.458 e. The molecule has 0 fully saturated rings. The van der Waals surface area contributed by atoms with Crippen LogP contribution in [0, 0.1) is 0 Å². The molecule has 0 N–H and O–H groups in total. The number of carbonyl (C=O) groups is 1. The van der Waals surface area contributed by atoms with Gasteiger partial charge in [-0.05, 0) is 38.7 Å². The van der Waals surface area contributed by atoms with Crippen LogP contribution in [0.1, 0.15) is 12.8 Å². The lowest BCUT2D eigenvalue weighted by Gasteiger charge is -2.25. The summed E-state index contributed by atoms with van der Waals surface area (Å²) in [7, 11) is -2.42. The predicted molar refractivity (Wildman–Crippen MR) is 74.1 cm³/mol. The molecule has 0 rings (SSSR count). The fourth-order valence-corrected chi connectivity index (χ4v) is 8.28. The Morgan fingerprint density at radius 2 is 2.00 bits per heavy atom. The summed E-state index contributed by atoms with van der Waals surface area (Å²) in [4.78, 5) is 10.8. The standard InChI is InChI=1S/C11H24O4Si2/c1-6-13-11(12)14-9-7-8-10-17(4,5)15-16(2)3/h6,16H,1,7-10H2,2-5H3. The second-order valence-electron chi connectivity index (χ2n) is 4.77. The highest BCUT2D eigenvalue weighted by Gasteiger charge is 2.22. The Hall–Kier alpha value is -0.596. The molecule has 0 spiro atoms. The molecule has 0 amide bonds. The highest BCUT2D eigenvalue weighted by molar-refractivity contribution is 6.77. The molecule has 0 radical (unpaired) electrons. The Morgan fingerprint density at radius 3 is 2.53 bits per heavy atom. The van der Waals surface area contributed by atoms with Gasteiger partial charge in [0.1, 0.15) is 0 Å². The zero-order chi connectivity index (χ0) is 13.3. The van der Waals surface area contributed by atoms with Gasteiger partial charge in [-0.2, -0.15) is 0 Å². The summed E-state index contributed by atoms with van der Waals surface area (Å²) in [5, 5.41) is 0. The van der Waals surface area contributed by atoms with E-state index in [1.54, 1.807) is 0 Å². The van der Waals surface area contributed by atoms with E-state index in [0.29, 0.717) is 6.61 Å². The third kappa shape index (κ3) is 10.3. The average Bonchev–Trinajstić information content (AvgIpc) is 2.15. The van der Waals surface area contributed by atoms with Gasteiger partial charge in [-0.1, -0.05) is 13.0 Å². The second kappa shape index (κ2) is 8.49. The fraction of sp³-hybridized carbons (Fsp3) is 0.727. The smallest absolute Gasteiger partial charge is 0.458 e. The van der Waals surface area contributed by atoms with E-state index >= 15 is 0 Å². The Balaban J connectivity index is 3.56. The molecule has 0 aliphatic heterocycles. The van der Waals surface area contributed by atoms with Crippen LogP contribution in [0.3, 0.4) is 0 Å². The van der Waals surface area contributed by atoms with Gasteiger partial charge >= 0.3 is 6.16 Å². The minimum atomic E-state index is -1.48. The second-order valence-corrected chi connectivity index (χ2v) is 11.8. The van der Waals surface area contributed by atoms with E-state index in [1.165, 1.54) is 0 Å². The van der Waals surface area contributed by atoms with Gasteiger partial charge in [-0.3, -0.25) is 0 Å². The largest absolute Gasteiger partial charge is 0.513 e. The van der Waals surface area contributed by atoms with Crippen molar-refractivity contribution in [1.29, 1.82) is 0 Å². The maximum atomic E-state index is 10.8. The molecule has 0 bridgehead atoms. The molecular weight excluding hydrogens is 252 g/mol. The van der Waals surface area contributed by atoms with Crippen molar-refractivity contribution in [1.82, 2.24) is 0 Å². The predicted octanol–water partition coefficient (Wildman–Crippen LogP) is 3.27. The van der Waals surface area contributed by atoms with Gasteiger partial charge in [0.15, 0.2) is 17.4 Å². The molecule has 0 saturated heterocycles. The number of carbonyl (C=O) groups excluding carboxylic acids is 1. The van der Waals surface area contributed by atoms with Crippen LogP contribution in [0.25, 0.3) is 0 Å². The Labute approximate surface area is 107 Å².